The van der Waals surface area contributed by atoms with Gasteiger partial charge in [-0.2, -0.15) is 0 Å². The fourth-order valence-electron chi connectivity index (χ4n) is 1.78. The van der Waals surface area contributed by atoms with Gasteiger partial charge in [0, 0.05) is 7.05 Å². The van der Waals surface area contributed by atoms with Gasteiger partial charge in [0.25, 0.3) is 0 Å². The Morgan fingerprint density at radius 3 is 2.36 bits per heavy atom. The molecule has 0 saturated carbocycles. The Bertz CT molecular complexity index is 564. The highest BCUT2D eigenvalue weighted by molar-refractivity contribution is 5.75. The number of ether oxygens (including phenoxy) is 2. The van der Waals surface area contributed by atoms with E-state index in [1.807, 2.05) is 0 Å². The molecule has 0 saturated heterocycles. The molecular weight excluding hydrogens is 290 g/mol. The zero-order valence-corrected chi connectivity index (χ0v) is 13.3. The summed E-state index contributed by atoms with van der Waals surface area (Å²) < 4.78 is 10.1. The monoisotopic (exact) mass is 311 g/mol. The number of methoxy groups -OCH3 is 1. The van der Waals surface area contributed by atoms with Crippen LogP contribution in [0, 0.1) is 0 Å². The summed E-state index contributed by atoms with van der Waals surface area (Å²) in [6.45, 7) is 5.14. The van der Waals surface area contributed by atoms with Gasteiger partial charge in [0.05, 0.1) is 7.11 Å². The Hall–Kier alpha value is -2.44. The molecule has 2 N–H and O–H groups in total. The average molecular weight is 311 g/mol. The Labute approximate surface area is 129 Å². The van der Waals surface area contributed by atoms with E-state index in [-0.39, 0.29) is 11.3 Å². The number of carbonyl (C=O) groups excluding carboxylic acids is 2. The lowest BCUT2D eigenvalue weighted by Gasteiger charge is -2.28. The van der Waals surface area contributed by atoms with Gasteiger partial charge in [0.2, 0.25) is 5.75 Å². The number of benzene rings is 1. The van der Waals surface area contributed by atoms with Crippen molar-refractivity contribution in [3.8, 4) is 17.2 Å². The summed E-state index contributed by atoms with van der Waals surface area (Å²) in [5.74, 6) is -0.881. The van der Waals surface area contributed by atoms with Crippen molar-refractivity contribution in [1.82, 2.24) is 4.90 Å². The van der Waals surface area contributed by atoms with Gasteiger partial charge in [-0.05, 0) is 38.5 Å². The lowest BCUT2D eigenvalue weighted by atomic mass is 10.1. The maximum atomic E-state index is 12.0. The summed E-state index contributed by atoms with van der Waals surface area (Å²) in [6, 6.07) is 1.57. The third kappa shape index (κ3) is 4.03. The Kier molecular flexibility index (Phi) is 5.24. The molecule has 0 aliphatic rings. The van der Waals surface area contributed by atoms with Gasteiger partial charge in [-0.3, -0.25) is 4.90 Å². The van der Waals surface area contributed by atoms with Gasteiger partial charge in [-0.25, -0.2) is 4.79 Å². The first-order valence-corrected chi connectivity index (χ1v) is 6.61. The van der Waals surface area contributed by atoms with Crippen LogP contribution in [0.4, 0.5) is 4.79 Å². The van der Waals surface area contributed by atoms with Gasteiger partial charge in [0.1, 0.15) is 17.9 Å². The third-order valence-electron chi connectivity index (χ3n) is 2.87. The molecule has 0 heterocycles. The van der Waals surface area contributed by atoms with Crippen molar-refractivity contribution < 1.29 is 29.3 Å². The van der Waals surface area contributed by atoms with Gasteiger partial charge in [-0.1, -0.05) is 0 Å². The standard InChI is InChI=1S/C15H21NO6/c1-15(2,3)22-14(20)16(4)10(8-17)9-6-11(18)13(19)12(7-9)21-5/h6-8,10,18-19H,1-5H3. The van der Waals surface area contributed by atoms with Crippen LogP contribution in [0.3, 0.4) is 0 Å². The first-order chi connectivity index (χ1) is 10.1. The van der Waals surface area contributed by atoms with Crippen molar-refractivity contribution >= 4 is 12.4 Å². The molecular formula is C15H21NO6. The molecule has 0 aliphatic heterocycles. The molecule has 0 radical (unpaired) electrons. The SMILES string of the molecule is COc1cc(C(C=O)N(C)C(=O)OC(C)(C)C)cc(O)c1O. The van der Waals surface area contributed by atoms with E-state index in [0.717, 1.165) is 4.90 Å². The molecule has 1 atom stereocenters. The molecule has 1 unspecified atom stereocenters. The van der Waals surface area contributed by atoms with E-state index < -0.39 is 29.2 Å². The highest BCUT2D eigenvalue weighted by Crippen LogP contribution is 2.38. The number of likely N-dealkylation sites (N-methyl/N-ethyl adjacent to an activating group) is 1. The fourth-order valence-corrected chi connectivity index (χ4v) is 1.78. The number of rotatable bonds is 4. The third-order valence-corrected chi connectivity index (χ3v) is 2.87. The first kappa shape index (κ1) is 17.6. The number of nitrogens with zero attached hydrogens (tertiary/aromatic N) is 1. The fraction of sp³-hybridized carbons (Fsp3) is 0.467. The molecule has 122 valence electrons. The van der Waals surface area contributed by atoms with Gasteiger partial charge in [-0.15, -0.1) is 0 Å². The van der Waals surface area contributed by atoms with Crippen molar-refractivity contribution in [1.29, 1.82) is 0 Å². The highest BCUT2D eigenvalue weighted by Gasteiger charge is 2.27. The minimum atomic E-state index is -0.991. The van der Waals surface area contributed by atoms with E-state index in [9.17, 15) is 19.8 Å². The number of amides is 1. The minimum Gasteiger partial charge on any atom is -0.504 e. The number of phenols is 2. The van der Waals surface area contributed by atoms with E-state index in [1.54, 1.807) is 20.8 Å². The highest BCUT2D eigenvalue weighted by atomic mass is 16.6. The summed E-state index contributed by atoms with van der Waals surface area (Å²) in [5.41, 5.74) is -0.413. The molecule has 1 rings (SSSR count). The van der Waals surface area contributed by atoms with Crippen molar-refractivity contribution in [2.75, 3.05) is 14.2 Å². The summed E-state index contributed by atoms with van der Waals surface area (Å²) >= 11 is 0. The van der Waals surface area contributed by atoms with Crippen LogP contribution >= 0.6 is 0 Å². The normalized spacial score (nSPS) is 12.4. The molecule has 0 fully saturated rings. The maximum absolute atomic E-state index is 12.0. The van der Waals surface area contributed by atoms with Crippen LogP contribution in [0.5, 0.6) is 17.2 Å². The smallest absolute Gasteiger partial charge is 0.410 e. The second-order valence-electron chi connectivity index (χ2n) is 5.76. The zero-order valence-electron chi connectivity index (χ0n) is 13.3. The second-order valence-corrected chi connectivity index (χ2v) is 5.76. The van der Waals surface area contributed by atoms with Crippen LogP contribution in [0.15, 0.2) is 12.1 Å². The zero-order chi connectivity index (χ0) is 17.1. The van der Waals surface area contributed by atoms with Gasteiger partial charge < -0.3 is 24.5 Å². The predicted octanol–water partition coefficient (Wildman–Crippen LogP) is 2.21. The largest absolute Gasteiger partial charge is 0.504 e. The lowest BCUT2D eigenvalue weighted by molar-refractivity contribution is -0.112. The predicted molar refractivity (Wildman–Crippen MR) is 79.1 cm³/mol. The molecule has 0 spiro atoms. The Balaban J connectivity index is 3.13. The molecule has 7 heteroatoms. The summed E-state index contributed by atoms with van der Waals surface area (Å²) in [7, 11) is 2.72. The summed E-state index contributed by atoms with van der Waals surface area (Å²) in [6.07, 6.45) is -0.147. The Morgan fingerprint density at radius 1 is 1.32 bits per heavy atom. The summed E-state index contributed by atoms with van der Waals surface area (Å²) in [4.78, 5) is 24.5. The number of hydrogen-bond donors (Lipinski definition) is 2. The van der Waals surface area contributed by atoms with E-state index in [0.29, 0.717) is 6.29 Å². The van der Waals surface area contributed by atoms with Crippen molar-refractivity contribution in [2.45, 2.75) is 32.4 Å². The molecule has 1 aromatic carbocycles. The number of aldehydes is 1. The van der Waals surface area contributed by atoms with Crippen LogP contribution < -0.4 is 4.74 Å². The molecule has 1 amide bonds. The number of carbonyl (C=O) groups is 2. The van der Waals surface area contributed by atoms with Crippen LogP contribution in [0.1, 0.15) is 32.4 Å². The van der Waals surface area contributed by atoms with E-state index in [4.69, 9.17) is 9.47 Å². The van der Waals surface area contributed by atoms with Crippen LogP contribution in [-0.4, -0.2) is 47.3 Å². The number of hydrogen-bond acceptors (Lipinski definition) is 6. The van der Waals surface area contributed by atoms with Crippen LogP contribution in [-0.2, 0) is 9.53 Å². The first-order valence-electron chi connectivity index (χ1n) is 6.61. The van der Waals surface area contributed by atoms with E-state index >= 15 is 0 Å². The van der Waals surface area contributed by atoms with Crippen molar-refractivity contribution in [2.24, 2.45) is 0 Å². The van der Waals surface area contributed by atoms with Crippen molar-refractivity contribution in [3.63, 3.8) is 0 Å². The lowest BCUT2D eigenvalue weighted by Crippen LogP contribution is -2.37. The van der Waals surface area contributed by atoms with Gasteiger partial charge >= 0.3 is 6.09 Å². The quantitative estimate of drug-likeness (QED) is 0.654. The molecule has 0 aliphatic carbocycles. The Morgan fingerprint density at radius 2 is 1.91 bits per heavy atom. The van der Waals surface area contributed by atoms with Gasteiger partial charge in [0.15, 0.2) is 11.5 Å². The molecule has 0 bridgehead atoms. The average Bonchev–Trinajstić information content (AvgIpc) is 2.41. The summed E-state index contributed by atoms with van der Waals surface area (Å²) in [5, 5.41) is 19.3. The molecule has 1 aromatic rings. The second kappa shape index (κ2) is 6.55. The number of aromatic hydroxyl groups is 2. The van der Waals surface area contributed by atoms with Crippen LogP contribution in [0.25, 0.3) is 0 Å². The maximum Gasteiger partial charge on any atom is 0.410 e. The molecule has 0 aromatic heterocycles. The van der Waals surface area contributed by atoms with E-state index in [1.165, 1.54) is 26.3 Å². The van der Waals surface area contributed by atoms with Crippen LogP contribution in [0.2, 0.25) is 0 Å². The molecule has 7 nitrogen and oxygen atoms in total. The number of phenolic OH excluding ortho intramolecular Hbond substituents is 2. The van der Waals surface area contributed by atoms with Crippen molar-refractivity contribution in [3.05, 3.63) is 17.7 Å². The topological polar surface area (TPSA) is 96.3 Å². The minimum absolute atomic E-state index is 0.000520. The molecule has 22 heavy (non-hydrogen) atoms. The van der Waals surface area contributed by atoms with E-state index in [2.05, 4.69) is 0 Å².